The highest BCUT2D eigenvalue weighted by atomic mass is 14.8. The zero-order valence-electron chi connectivity index (χ0n) is 12.8. The first-order valence-electron chi connectivity index (χ1n) is 7.83. The average molecular weight is 268 g/mol. The molecule has 106 valence electrons. The number of pyridine rings is 1. The van der Waals surface area contributed by atoms with Crippen LogP contribution in [0.4, 0.5) is 0 Å². The van der Waals surface area contributed by atoms with Gasteiger partial charge in [-0.05, 0) is 68.3 Å². The maximum atomic E-state index is 5.02. The second kappa shape index (κ2) is 5.53. The van der Waals surface area contributed by atoms with Crippen LogP contribution in [0.3, 0.4) is 0 Å². The lowest BCUT2D eigenvalue weighted by molar-refractivity contribution is 0.651. The van der Waals surface area contributed by atoms with Crippen LogP contribution in [0.2, 0.25) is 0 Å². The standard InChI is InChI=1S/C18H24N2/c1-4-19-11-16-14-7-5-6-8-17(14)20-18-13(3)12(2)9-10-15(16)18/h9-10,19H,4-8,11H2,1-3H3. The first kappa shape index (κ1) is 13.6. The summed E-state index contributed by atoms with van der Waals surface area (Å²) in [6.07, 6.45) is 4.95. The van der Waals surface area contributed by atoms with E-state index >= 15 is 0 Å². The molecule has 0 amide bonds. The van der Waals surface area contributed by atoms with Crippen LogP contribution in [-0.2, 0) is 19.4 Å². The molecule has 0 aliphatic heterocycles. The molecule has 1 aromatic heterocycles. The first-order chi connectivity index (χ1) is 9.72. The summed E-state index contributed by atoms with van der Waals surface area (Å²) in [6, 6.07) is 4.51. The lowest BCUT2D eigenvalue weighted by atomic mass is 9.88. The van der Waals surface area contributed by atoms with Gasteiger partial charge < -0.3 is 5.32 Å². The van der Waals surface area contributed by atoms with Gasteiger partial charge in [-0.2, -0.15) is 0 Å². The number of aromatic nitrogens is 1. The minimum absolute atomic E-state index is 0.973. The van der Waals surface area contributed by atoms with Crippen molar-refractivity contribution in [3.63, 3.8) is 0 Å². The van der Waals surface area contributed by atoms with Gasteiger partial charge in [-0.25, -0.2) is 0 Å². The number of aryl methyl sites for hydroxylation is 3. The van der Waals surface area contributed by atoms with Crippen molar-refractivity contribution in [2.75, 3.05) is 6.54 Å². The predicted molar refractivity (Wildman–Crippen MR) is 85.2 cm³/mol. The zero-order chi connectivity index (χ0) is 14.1. The van der Waals surface area contributed by atoms with Gasteiger partial charge in [0.25, 0.3) is 0 Å². The summed E-state index contributed by atoms with van der Waals surface area (Å²) >= 11 is 0. The zero-order valence-corrected chi connectivity index (χ0v) is 12.8. The summed E-state index contributed by atoms with van der Waals surface area (Å²) in [4.78, 5) is 5.02. The fraction of sp³-hybridized carbons (Fsp3) is 0.500. The van der Waals surface area contributed by atoms with Gasteiger partial charge in [0.15, 0.2) is 0 Å². The Morgan fingerprint density at radius 1 is 1.15 bits per heavy atom. The van der Waals surface area contributed by atoms with Crippen molar-refractivity contribution >= 4 is 10.9 Å². The topological polar surface area (TPSA) is 24.9 Å². The van der Waals surface area contributed by atoms with Gasteiger partial charge in [-0.3, -0.25) is 4.98 Å². The highest BCUT2D eigenvalue weighted by Gasteiger charge is 2.18. The highest BCUT2D eigenvalue weighted by molar-refractivity contribution is 5.87. The van der Waals surface area contributed by atoms with Crippen LogP contribution in [0.25, 0.3) is 10.9 Å². The van der Waals surface area contributed by atoms with E-state index in [4.69, 9.17) is 4.98 Å². The van der Waals surface area contributed by atoms with E-state index in [1.54, 1.807) is 0 Å². The van der Waals surface area contributed by atoms with E-state index in [0.29, 0.717) is 0 Å². The summed E-state index contributed by atoms with van der Waals surface area (Å²) in [5.74, 6) is 0. The predicted octanol–water partition coefficient (Wildman–Crippen LogP) is 3.84. The molecule has 0 spiro atoms. The van der Waals surface area contributed by atoms with Crippen LogP contribution in [0.15, 0.2) is 12.1 Å². The third kappa shape index (κ3) is 2.22. The molecule has 2 heteroatoms. The molecule has 2 aromatic rings. The molecule has 1 heterocycles. The largest absolute Gasteiger partial charge is 0.313 e. The molecule has 3 rings (SSSR count). The normalized spacial score (nSPS) is 14.6. The molecule has 0 fully saturated rings. The first-order valence-corrected chi connectivity index (χ1v) is 7.83. The van der Waals surface area contributed by atoms with Crippen molar-refractivity contribution in [2.45, 2.75) is 53.0 Å². The highest BCUT2D eigenvalue weighted by Crippen LogP contribution is 2.31. The van der Waals surface area contributed by atoms with Crippen LogP contribution in [0.1, 0.15) is 47.7 Å². The van der Waals surface area contributed by atoms with Crippen molar-refractivity contribution in [3.05, 3.63) is 40.1 Å². The van der Waals surface area contributed by atoms with Gasteiger partial charge in [0, 0.05) is 17.6 Å². The summed E-state index contributed by atoms with van der Waals surface area (Å²) in [7, 11) is 0. The molecule has 1 N–H and O–H groups in total. The molecule has 0 unspecified atom stereocenters. The monoisotopic (exact) mass is 268 g/mol. The molecule has 1 aliphatic carbocycles. The summed E-state index contributed by atoms with van der Waals surface area (Å²) in [6.45, 7) is 8.55. The van der Waals surface area contributed by atoms with Crippen molar-refractivity contribution in [3.8, 4) is 0 Å². The maximum Gasteiger partial charge on any atom is 0.0740 e. The number of rotatable bonds is 3. The van der Waals surface area contributed by atoms with Gasteiger partial charge in [-0.15, -0.1) is 0 Å². The number of benzene rings is 1. The maximum absolute atomic E-state index is 5.02. The van der Waals surface area contributed by atoms with Crippen molar-refractivity contribution in [2.24, 2.45) is 0 Å². The molecule has 2 nitrogen and oxygen atoms in total. The fourth-order valence-corrected chi connectivity index (χ4v) is 3.28. The van der Waals surface area contributed by atoms with Crippen molar-refractivity contribution < 1.29 is 0 Å². The molecule has 0 saturated carbocycles. The minimum atomic E-state index is 0.973. The second-order valence-electron chi connectivity index (χ2n) is 5.91. The van der Waals surface area contributed by atoms with Crippen LogP contribution in [-0.4, -0.2) is 11.5 Å². The molecule has 1 aliphatic rings. The summed E-state index contributed by atoms with van der Waals surface area (Å²) < 4.78 is 0. The average Bonchev–Trinajstić information content (AvgIpc) is 2.48. The number of nitrogens with zero attached hydrogens (tertiary/aromatic N) is 1. The molecule has 0 atom stereocenters. The van der Waals surface area contributed by atoms with Gasteiger partial charge >= 0.3 is 0 Å². The summed E-state index contributed by atoms with van der Waals surface area (Å²) in [5, 5.41) is 4.87. The smallest absolute Gasteiger partial charge is 0.0740 e. The van der Waals surface area contributed by atoms with E-state index in [0.717, 1.165) is 19.5 Å². The number of hydrogen-bond acceptors (Lipinski definition) is 2. The number of hydrogen-bond donors (Lipinski definition) is 1. The Labute approximate surface area is 121 Å². The molecule has 0 saturated heterocycles. The Hall–Kier alpha value is -1.41. The summed E-state index contributed by atoms with van der Waals surface area (Å²) in [5.41, 5.74) is 8.27. The van der Waals surface area contributed by atoms with E-state index in [-0.39, 0.29) is 0 Å². The Balaban J connectivity index is 2.27. The fourth-order valence-electron chi connectivity index (χ4n) is 3.28. The molecule has 0 bridgehead atoms. The van der Waals surface area contributed by atoms with E-state index in [2.05, 4.69) is 38.2 Å². The van der Waals surface area contributed by atoms with Crippen molar-refractivity contribution in [1.82, 2.24) is 10.3 Å². The Kier molecular flexibility index (Phi) is 3.75. The molecule has 20 heavy (non-hydrogen) atoms. The van der Waals surface area contributed by atoms with Crippen LogP contribution >= 0.6 is 0 Å². The Morgan fingerprint density at radius 3 is 2.75 bits per heavy atom. The van der Waals surface area contributed by atoms with Crippen molar-refractivity contribution in [1.29, 1.82) is 0 Å². The van der Waals surface area contributed by atoms with E-state index in [1.165, 1.54) is 58.1 Å². The molecular formula is C18H24N2. The SMILES string of the molecule is CCNCc1c2c(nc3c(C)c(C)ccc13)CCCC2. The van der Waals surface area contributed by atoms with E-state index in [1.807, 2.05) is 0 Å². The second-order valence-corrected chi connectivity index (χ2v) is 5.91. The van der Waals surface area contributed by atoms with E-state index < -0.39 is 0 Å². The Morgan fingerprint density at radius 2 is 1.95 bits per heavy atom. The molecule has 1 aromatic carbocycles. The lowest BCUT2D eigenvalue weighted by Gasteiger charge is -2.22. The van der Waals surface area contributed by atoms with Gasteiger partial charge in [0.05, 0.1) is 5.52 Å². The quantitative estimate of drug-likeness (QED) is 0.915. The number of nitrogens with one attached hydrogen (secondary N) is 1. The van der Waals surface area contributed by atoms with Gasteiger partial charge in [0.2, 0.25) is 0 Å². The third-order valence-corrected chi connectivity index (χ3v) is 4.63. The third-order valence-electron chi connectivity index (χ3n) is 4.63. The number of fused-ring (bicyclic) bond motifs is 2. The van der Waals surface area contributed by atoms with Crippen LogP contribution in [0, 0.1) is 13.8 Å². The van der Waals surface area contributed by atoms with Crippen LogP contribution in [0.5, 0.6) is 0 Å². The minimum Gasteiger partial charge on any atom is -0.313 e. The molecule has 0 radical (unpaired) electrons. The van der Waals surface area contributed by atoms with Gasteiger partial charge in [0.1, 0.15) is 0 Å². The molecular weight excluding hydrogens is 244 g/mol. The van der Waals surface area contributed by atoms with Crippen LogP contribution < -0.4 is 5.32 Å². The van der Waals surface area contributed by atoms with E-state index in [9.17, 15) is 0 Å². The lowest BCUT2D eigenvalue weighted by Crippen LogP contribution is -2.17. The Bertz CT molecular complexity index is 644. The van der Waals surface area contributed by atoms with Gasteiger partial charge in [-0.1, -0.05) is 19.1 Å².